The minimum Gasteiger partial charge on any atom is -0.390 e. The number of aliphatic hydroxyl groups excluding tert-OH is 1. The Labute approximate surface area is 215 Å². The molecule has 0 aromatic carbocycles. The number of amides is 1. The van der Waals surface area contributed by atoms with E-state index in [1.807, 2.05) is 0 Å². The Balaban J connectivity index is 0.967. The molecular weight excluding hydrogens is 462 g/mol. The normalized spacial score (nSPS) is 38.5. The molecule has 5 fully saturated rings. The fraction of sp³-hybridized carbons (Fsp3) is 0.962. The van der Waals surface area contributed by atoms with Crippen LogP contribution in [0, 0.1) is 17.8 Å². The highest BCUT2D eigenvalue weighted by Gasteiger charge is 2.36. The first-order chi connectivity index (χ1) is 17.6. The van der Waals surface area contributed by atoms with E-state index in [1.165, 1.54) is 12.8 Å². The van der Waals surface area contributed by atoms with E-state index in [9.17, 15) is 9.90 Å². The van der Waals surface area contributed by atoms with Crippen molar-refractivity contribution in [3.8, 4) is 0 Å². The molecule has 0 aromatic rings. The number of piperidine rings is 2. The lowest BCUT2D eigenvalue weighted by Gasteiger charge is -2.44. The molecule has 5 N–H and O–H groups in total. The van der Waals surface area contributed by atoms with Gasteiger partial charge in [-0.15, -0.1) is 0 Å². The van der Waals surface area contributed by atoms with Gasteiger partial charge in [0.15, 0.2) is 0 Å². The number of carbonyl (C=O) groups excluding carboxylic acids is 1. The lowest BCUT2D eigenvalue weighted by Crippen LogP contribution is -2.54. The van der Waals surface area contributed by atoms with Crippen LogP contribution in [0.15, 0.2) is 0 Å². The number of nitrogens with zero attached hydrogens (tertiary/aromatic N) is 1. The zero-order valence-corrected chi connectivity index (χ0v) is 21.7. The Hall–Kier alpha value is -0.850. The van der Waals surface area contributed by atoms with Gasteiger partial charge in [-0.2, -0.15) is 0 Å². The van der Waals surface area contributed by atoms with E-state index < -0.39 is 6.10 Å². The third-order valence-corrected chi connectivity index (χ3v) is 8.81. The molecule has 1 aliphatic carbocycles. The van der Waals surface area contributed by atoms with Crippen LogP contribution in [0.25, 0.3) is 0 Å². The standard InChI is InChI=1S/C26H47N5O5/c32-23(11-29-26(33)20-7-22(10-27-9-20)30-21-4-6-34-15-21)14-31-5-3-18-8-24(2-1-19(18)13-31)35-16-25-12-28-17-36-25/h18-25,27-28,30,32H,1-17H2,(H,29,33)/t18?,19?,20?,21?,22?,23-,24?,25?/m0/s1. The second-order valence-corrected chi connectivity index (χ2v) is 11.6. The van der Waals surface area contributed by atoms with Crippen LogP contribution in [-0.2, 0) is 19.0 Å². The summed E-state index contributed by atoms with van der Waals surface area (Å²) in [6, 6.07) is 0.692. The molecule has 206 valence electrons. The zero-order valence-electron chi connectivity index (χ0n) is 21.7. The quantitative estimate of drug-likeness (QED) is 0.260. The van der Waals surface area contributed by atoms with Crippen LogP contribution in [0.4, 0.5) is 0 Å². The van der Waals surface area contributed by atoms with Gasteiger partial charge in [-0.3, -0.25) is 10.1 Å². The Morgan fingerprint density at radius 3 is 2.86 bits per heavy atom. The van der Waals surface area contributed by atoms with Crippen LogP contribution < -0.4 is 21.3 Å². The molecule has 0 spiro atoms. The van der Waals surface area contributed by atoms with Gasteiger partial charge in [0.25, 0.3) is 0 Å². The number of hydrogen-bond acceptors (Lipinski definition) is 9. The van der Waals surface area contributed by atoms with Crippen LogP contribution in [0.1, 0.15) is 38.5 Å². The molecule has 8 atom stereocenters. The monoisotopic (exact) mass is 509 g/mol. The Morgan fingerprint density at radius 1 is 1.08 bits per heavy atom. The summed E-state index contributed by atoms with van der Waals surface area (Å²) in [5, 5.41) is 23.9. The minimum absolute atomic E-state index is 0.0477. The van der Waals surface area contributed by atoms with Crippen molar-refractivity contribution in [1.82, 2.24) is 26.2 Å². The van der Waals surface area contributed by atoms with Gasteiger partial charge in [0.1, 0.15) is 0 Å². The molecular formula is C26H47N5O5. The van der Waals surface area contributed by atoms with Crippen molar-refractivity contribution in [2.45, 2.75) is 68.9 Å². The number of carbonyl (C=O) groups is 1. The fourth-order valence-electron chi connectivity index (χ4n) is 6.77. The summed E-state index contributed by atoms with van der Waals surface area (Å²) in [4.78, 5) is 15.2. The summed E-state index contributed by atoms with van der Waals surface area (Å²) in [6.07, 6.45) is 6.52. The van der Waals surface area contributed by atoms with E-state index >= 15 is 0 Å². The van der Waals surface area contributed by atoms with Crippen molar-refractivity contribution in [3.63, 3.8) is 0 Å². The topological polar surface area (TPSA) is 116 Å². The first kappa shape index (κ1) is 26.7. The molecule has 10 nitrogen and oxygen atoms in total. The number of fused-ring (bicyclic) bond motifs is 1. The highest BCUT2D eigenvalue weighted by atomic mass is 16.5. The summed E-state index contributed by atoms with van der Waals surface area (Å²) in [6.45, 7) is 8.41. The number of hydrogen-bond donors (Lipinski definition) is 5. The number of β-amino-alcohol motifs (C(OH)–C–C–N with tert-alkyl or cyclic N) is 1. The molecule has 4 heterocycles. The second kappa shape index (κ2) is 13.3. The summed E-state index contributed by atoms with van der Waals surface area (Å²) in [5.74, 6) is 1.39. The van der Waals surface area contributed by atoms with Gasteiger partial charge in [0.2, 0.25) is 5.91 Å². The third kappa shape index (κ3) is 7.60. The highest BCUT2D eigenvalue weighted by Crippen LogP contribution is 2.37. The van der Waals surface area contributed by atoms with Crippen LogP contribution in [0.2, 0.25) is 0 Å². The smallest absolute Gasteiger partial charge is 0.224 e. The number of likely N-dealkylation sites (tertiary alicyclic amines) is 1. The van der Waals surface area contributed by atoms with Crippen LogP contribution in [0.5, 0.6) is 0 Å². The first-order valence-corrected chi connectivity index (χ1v) is 14.3. The maximum atomic E-state index is 12.8. The molecule has 1 saturated carbocycles. The third-order valence-electron chi connectivity index (χ3n) is 8.81. The average molecular weight is 510 g/mol. The molecule has 0 radical (unpaired) electrons. The van der Waals surface area contributed by atoms with Gasteiger partial charge < -0.3 is 40.2 Å². The van der Waals surface area contributed by atoms with Crippen molar-refractivity contribution in [2.24, 2.45) is 17.8 Å². The highest BCUT2D eigenvalue weighted by molar-refractivity contribution is 5.79. The molecule has 7 unspecified atom stereocenters. The van der Waals surface area contributed by atoms with Crippen LogP contribution in [0.3, 0.4) is 0 Å². The Morgan fingerprint density at radius 2 is 2.03 bits per heavy atom. The molecule has 10 heteroatoms. The van der Waals surface area contributed by atoms with E-state index in [0.29, 0.717) is 57.1 Å². The molecule has 0 bridgehead atoms. The predicted octanol–water partition coefficient (Wildman–Crippen LogP) is -0.727. The van der Waals surface area contributed by atoms with Crippen LogP contribution in [-0.4, -0.2) is 119 Å². The van der Waals surface area contributed by atoms with Gasteiger partial charge in [0, 0.05) is 58.0 Å². The van der Waals surface area contributed by atoms with E-state index in [2.05, 4.69) is 26.2 Å². The van der Waals surface area contributed by atoms with Gasteiger partial charge >= 0.3 is 0 Å². The van der Waals surface area contributed by atoms with Gasteiger partial charge in [0.05, 0.1) is 44.2 Å². The molecule has 5 rings (SSSR count). The molecule has 36 heavy (non-hydrogen) atoms. The van der Waals surface area contributed by atoms with Crippen molar-refractivity contribution in [2.75, 3.05) is 72.4 Å². The van der Waals surface area contributed by atoms with Crippen molar-refractivity contribution < 1.29 is 24.1 Å². The largest absolute Gasteiger partial charge is 0.390 e. The SMILES string of the molecule is O=C(NC[C@H](O)CN1CCC2CC(OCC3CNCO3)CCC2C1)C1CNCC(NC2CCOC2)C1. The van der Waals surface area contributed by atoms with Crippen LogP contribution >= 0.6 is 0 Å². The number of aliphatic hydroxyl groups is 1. The molecule has 4 aliphatic heterocycles. The zero-order chi connectivity index (χ0) is 24.7. The Kier molecular flexibility index (Phi) is 9.87. The Bertz CT molecular complexity index is 690. The summed E-state index contributed by atoms with van der Waals surface area (Å²) < 4.78 is 17.2. The second-order valence-electron chi connectivity index (χ2n) is 11.6. The number of nitrogens with one attached hydrogen (secondary N) is 4. The van der Waals surface area contributed by atoms with E-state index in [4.69, 9.17) is 14.2 Å². The first-order valence-electron chi connectivity index (χ1n) is 14.3. The van der Waals surface area contributed by atoms with E-state index in [-0.39, 0.29) is 17.9 Å². The summed E-state index contributed by atoms with van der Waals surface area (Å²) >= 11 is 0. The molecule has 0 aromatic heterocycles. The predicted molar refractivity (Wildman–Crippen MR) is 136 cm³/mol. The van der Waals surface area contributed by atoms with Gasteiger partial charge in [-0.1, -0.05) is 0 Å². The summed E-state index contributed by atoms with van der Waals surface area (Å²) in [7, 11) is 0. The lowest BCUT2D eigenvalue weighted by molar-refractivity contribution is -0.126. The maximum absolute atomic E-state index is 12.8. The average Bonchev–Trinajstić information content (AvgIpc) is 3.61. The lowest BCUT2D eigenvalue weighted by atomic mass is 9.74. The fourth-order valence-corrected chi connectivity index (χ4v) is 6.77. The van der Waals surface area contributed by atoms with E-state index in [0.717, 1.165) is 71.0 Å². The molecule has 1 amide bonds. The molecule has 5 aliphatic rings. The van der Waals surface area contributed by atoms with E-state index in [1.54, 1.807) is 0 Å². The molecule has 4 saturated heterocycles. The number of rotatable bonds is 10. The number of ether oxygens (including phenoxy) is 3. The van der Waals surface area contributed by atoms with Crippen molar-refractivity contribution >= 4 is 5.91 Å². The van der Waals surface area contributed by atoms with Gasteiger partial charge in [-0.05, 0) is 56.9 Å². The van der Waals surface area contributed by atoms with Crippen molar-refractivity contribution in [3.05, 3.63) is 0 Å². The maximum Gasteiger partial charge on any atom is 0.224 e. The van der Waals surface area contributed by atoms with Gasteiger partial charge in [-0.25, -0.2) is 0 Å². The van der Waals surface area contributed by atoms with Crippen molar-refractivity contribution in [1.29, 1.82) is 0 Å². The summed E-state index contributed by atoms with van der Waals surface area (Å²) in [5.41, 5.74) is 0. The minimum atomic E-state index is -0.536.